The Labute approximate surface area is 257 Å². The van der Waals surface area contributed by atoms with E-state index in [-0.39, 0.29) is 34.4 Å². The minimum absolute atomic E-state index is 0.0162. The van der Waals surface area contributed by atoms with E-state index in [0.29, 0.717) is 23.5 Å². The first-order valence-corrected chi connectivity index (χ1v) is 15.4. The van der Waals surface area contributed by atoms with Crippen LogP contribution in [0.5, 0.6) is 11.5 Å². The van der Waals surface area contributed by atoms with Gasteiger partial charge in [0.1, 0.15) is 24.1 Å². The van der Waals surface area contributed by atoms with Crippen LogP contribution in [0.25, 0.3) is 0 Å². The summed E-state index contributed by atoms with van der Waals surface area (Å²) in [5.41, 5.74) is 0.697. The van der Waals surface area contributed by atoms with Gasteiger partial charge in [-0.05, 0) is 75.2 Å². The van der Waals surface area contributed by atoms with Crippen molar-refractivity contribution >= 4 is 33.2 Å². The molecule has 0 fully saturated rings. The molecule has 0 saturated carbocycles. The minimum Gasteiger partial charge on any atom is -0.497 e. The molecule has 44 heavy (non-hydrogen) atoms. The van der Waals surface area contributed by atoms with Crippen LogP contribution >= 0.6 is 0 Å². The van der Waals surface area contributed by atoms with E-state index in [2.05, 4.69) is 5.32 Å². The highest BCUT2D eigenvalue weighted by atomic mass is 32.2. The summed E-state index contributed by atoms with van der Waals surface area (Å²) in [5.74, 6) is -0.0577. The van der Waals surface area contributed by atoms with Gasteiger partial charge in [-0.2, -0.15) is 0 Å². The Morgan fingerprint density at radius 1 is 0.977 bits per heavy atom. The number of nitrogens with zero attached hydrogens (tertiary/aromatic N) is 3. The van der Waals surface area contributed by atoms with Crippen LogP contribution in [-0.2, 0) is 26.2 Å². The first-order chi connectivity index (χ1) is 20.8. The summed E-state index contributed by atoms with van der Waals surface area (Å²) in [4.78, 5) is 39.2. The number of nitrogens with one attached hydrogen (secondary N) is 1. The van der Waals surface area contributed by atoms with Crippen LogP contribution < -0.4 is 19.1 Å². The van der Waals surface area contributed by atoms with E-state index >= 15 is 0 Å². The Bertz CT molecular complexity index is 1590. The van der Waals surface area contributed by atoms with Crippen LogP contribution in [0, 0.1) is 17.0 Å². The van der Waals surface area contributed by atoms with E-state index in [0.717, 1.165) is 10.4 Å². The van der Waals surface area contributed by atoms with E-state index in [9.17, 15) is 28.1 Å². The highest BCUT2D eigenvalue weighted by Gasteiger charge is 2.33. The third-order valence-electron chi connectivity index (χ3n) is 7.26. The third kappa shape index (κ3) is 8.04. The van der Waals surface area contributed by atoms with Gasteiger partial charge in [-0.1, -0.05) is 25.1 Å². The summed E-state index contributed by atoms with van der Waals surface area (Å²) < 4.78 is 39.5. The van der Waals surface area contributed by atoms with Crippen molar-refractivity contribution in [1.29, 1.82) is 0 Å². The molecule has 0 bridgehead atoms. The Balaban J connectivity index is 2.10. The highest BCUT2D eigenvalue weighted by Crippen LogP contribution is 2.29. The molecule has 0 aliphatic heterocycles. The van der Waals surface area contributed by atoms with Gasteiger partial charge in [0.2, 0.25) is 11.8 Å². The lowest BCUT2D eigenvalue weighted by atomic mass is 10.1. The van der Waals surface area contributed by atoms with Gasteiger partial charge in [-0.25, -0.2) is 8.42 Å². The second-order valence-electron chi connectivity index (χ2n) is 10.3. The van der Waals surface area contributed by atoms with E-state index in [1.54, 1.807) is 31.2 Å². The van der Waals surface area contributed by atoms with E-state index in [1.165, 1.54) is 62.4 Å². The Hall–Kier alpha value is -4.65. The number of amides is 2. The number of carbonyl (C=O) groups excluding carboxylic acids is 2. The lowest BCUT2D eigenvalue weighted by molar-refractivity contribution is -0.385. The van der Waals surface area contributed by atoms with Gasteiger partial charge in [-0.15, -0.1) is 0 Å². The third-order valence-corrected chi connectivity index (χ3v) is 9.03. The molecule has 0 aliphatic carbocycles. The van der Waals surface area contributed by atoms with E-state index < -0.39 is 39.3 Å². The average Bonchev–Trinajstić information content (AvgIpc) is 3.01. The van der Waals surface area contributed by atoms with Crippen molar-refractivity contribution in [3.05, 3.63) is 88.0 Å². The van der Waals surface area contributed by atoms with Crippen LogP contribution in [0.1, 0.15) is 38.3 Å². The molecule has 2 atom stereocenters. The lowest BCUT2D eigenvalue weighted by Gasteiger charge is -2.32. The Kier molecular flexibility index (Phi) is 11.3. The van der Waals surface area contributed by atoms with Gasteiger partial charge in [0.05, 0.1) is 29.7 Å². The molecular formula is C31H38N4O8S. The van der Waals surface area contributed by atoms with Gasteiger partial charge < -0.3 is 19.7 Å². The monoisotopic (exact) mass is 626 g/mol. The zero-order chi connectivity index (χ0) is 32.6. The summed E-state index contributed by atoms with van der Waals surface area (Å²) in [6.07, 6.45) is 0.675. The highest BCUT2D eigenvalue weighted by molar-refractivity contribution is 7.92. The second kappa shape index (κ2) is 14.7. The number of nitro benzene ring substituents is 1. The molecule has 0 spiro atoms. The van der Waals surface area contributed by atoms with Crippen LogP contribution in [0.4, 0.5) is 11.4 Å². The molecule has 0 aromatic heterocycles. The molecule has 0 aliphatic rings. The quantitative estimate of drug-likeness (QED) is 0.204. The largest absolute Gasteiger partial charge is 0.497 e. The van der Waals surface area contributed by atoms with Gasteiger partial charge >= 0.3 is 0 Å². The number of benzene rings is 3. The maximum Gasteiger partial charge on any atom is 0.273 e. The molecular weight excluding hydrogens is 588 g/mol. The molecule has 0 radical (unpaired) electrons. The molecule has 0 heterocycles. The number of hydrogen-bond donors (Lipinski definition) is 1. The van der Waals surface area contributed by atoms with Crippen molar-refractivity contribution in [2.75, 3.05) is 25.1 Å². The maximum absolute atomic E-state index is 14.1. The van der Waals surface area contributed by atoms with Crippen molar-refractivity contribution in [1.82, 2.24) is 10.2 Å². The summed E-state index contributed by atoms with van der Waals surface area (Å²) in [6.45, 7) is 6.13. The SMILES string of the molecule is CC[C@@H](C)NC(=O)[C@H](C)N(Cc1cccc(OC)c1)C(=O)CN(c1ccc(OC)cc1)S(=O)(=O)c1ccc(C)c([N+](=O)[O-])c1. The summed E-state index contributed by atoms with van der Waals surface area (Å²) in [6, 6.07) is 15.5. The molecule has 12 nitrogen and oxygen atoms in total. The van der Waals surface area contributed by atoms with Crippen LogP contribution in [0.2, 0.25) is 0 Å². The molecule has 0 unspecified atom stereocenters. The molecule has 3 aromatic rings. The smallest absolute Gasteiger partial charge is 0.273 e. The van der Waals surface area contributed by atoms with Crippen molar-refractivity contribution in [3.63, 3.8) is 0 Å². The molecule has 3 rings (SSSR count). The van der Waals surface area contributed by atoms with Gasteiger partial charge in [-0.3, -0.25) is 24.0 Å². The maximum atomic E-state index is 14.1. The summed E-state index contributed by atoms with van der Waals surface area (Å²) in [5, 5.41) is 14.5. The number of aryl methyl sites for hydroxylation is 1. The fourth-order valence-corrected chi connectivity index (χ4v) is 5.80. The van der Waals surface area contributed by atoms with Gasteiger partial charge in [0, 0.05) is 24.2 Å². The average molecular weight is 627 g/mol. The second-order valence-corrected chi connectivity index (χ2v) is 12.1. The first kappa shape index (κ1) is 33.8. The standard InChI is InChI=1S/C31H38N4O8S/c1-7-22(3)32-31(37)23(4)33(19-24-9-8-10-27(17-24)43-6)30(36)20-34(25-12-14-26(42-5)15-13-25)44(40,41)28-16-11-21(2)29(18-28)35(38)39/h8-18,22-23H,7,19-20H2,1-6H3,(H,32,37)/t22-,23+/m1/s1. The number of hydrogen-bond acceptors (Lipinski definition) is 8. The van der Waals surface area contributed by atoms with Crippen LogP contribution in [0.3, 0.4) is 0 Å². The van der Waals surface area contributed by atoms with Crippen molar-refractivity contribution in [3.8, 4) is 11.5 Å². The summed E-state index contributed by atoms with van der Waals surface area (Å²) in [7, 11) is -1.54. The van der Waals surface area contributed by atoms with Gasteiger partial charge in [0.25, 0.3) is 15.7 Å². The zero-order valence-corrected chi connectivity index (χ0v) is 26.5. The lowest BCUT2D eigenvalue weighted by Crippen LogP contribution is -2.52. The Morgan fingerprint density at radius 2 is 1.64 bits per heavy atom. The number of nitro groups is 1. The topological polar surface area (TPSA) is 148 Å². The number of carbonyl (C=O) groups is 2. The predicted molar refractivity (Wildman–Crippen MR) is 166 cm³/mol. The summed E-state index contributed by atoms with van der Waals surface area (Å²) >= 11 is 0. The number of anilines is 1. The van der Waals surface area contributed by atoms with Crippen molar-refractivity contribution < 1.29 is 32.4 Å². The molecule has 236 valence electrons. The molecule has 2 amide bonds. The van der Waals surface area contributed by atoms with E-state index in [1.807, 2.05) is 13.8 Å². The van der Waals surface area contributed by atoms with Gasteiger partial charge in [0.15, 0.2) is 0 Å². The van der Waals surface area contributed by atoms with Crippen molar-refractivity contribution in [2.24, 2.45) is 0 Å². The number of rotatable bonds is 14. The van der Waals surface area contributed by atoms with Crippen LogP contribution in [-0.4, -0.2) is 62.9 Å². The number of ether oxygens (including phenoxy) is 2. The molecule has 0 saturated heterocycles. The first-order valence-electron chi connectivity index (χ1n) is 14.0. The fraction of sp³-hybridized carbons (Fsp3) is 0.355. The minimum atomic E-state index is -4.51. The Morgan fingerprint density at radius 3 is 2.23 bits per heavy atom. The normalized spacial score (nSPS) is 12.5. The predicted octanol–water partition coefficient (Wildman–Crippen LogP) is 4.45. The molecule has 13 heteroatoms. The fourth-order valence-electron chi connectivity index (χ4n) is 4.37. The number of methoxy groups -OCH3 is 2. The van der Waals surface area contributed by atoms with Crippen LogP contribution in [0.15, 0.2) is 71.6 Å². The molecule has 1 N–H and O–H groups in total. The molecule has 3 aromatic carbocycles. The van der Waals surface area contributed by atoms with E-state index in [4.69, 9.17) is 9.47 Å². The van der Waals surface area contributed by atoms with Crippen molar-refractivity contribution in [2.45, 2.75) is 57.6 Å². The zero-order valence-electron chi connectivity index (χ0n) is 25.6. The number of sulfonamides is 1.